The Kier molecular flexibility index (Phi) is 3.16. The summed E-state index contributed by atoms with van der Waals surface area (Å²) in [5.74, 6) is 0. The van der Waals surface area contributed by atoms with Crippen molar-refractivity contribution in [2.45, 2.75) is 0 Å². The van der Waals surface area contributed by atoms with Gasteiger partial charge in [-0.2, -0.15) is 0 Å². The third kappa shape index (κ3) is 2.61. The number of hydrogen-bond donors (Lipinski definition) is 0. The Morgan fingerprint density at radius 2 is 2.00 bits per heavy atom. The zero-order valence-corrected chi connectivity index (χ0v) is 8.94. The minimum atomic E-state index is -0.481. The van der Waals surface area contributed by atoms with Crippen LogP contribution < -0.4 is 0 Å². The third-order valence-electron chi connectivity index (χ3n) is 1.09. The lowest BCUT2D eigenvalue weighted by atomic mass is 10.2. The number of halogens is 3. The van der Waals surface area contributed by atoms with Crippen LogP contribution in [-0.4, -0.2) is 5.24 Å². The molecule has 1 nitrogen and oxygen atoms in total. The second-order valence-electron chi connectivity index (χ2n) is 1.93. The first-order valence-electron chi connectivity index (χ1n) is 2.75. The van der Waals surface area contributed by atoms with Gasteiger partial charge < -0.3 is 0 Å². The van der Waals surface area contributed by atoms with Gasteiger partial charge in [0.25, 0.3) is 5.24 Å². The van der Waals surface area contributed by atoms with E-state index in [1.807, 2.05) is 0 Å². The van der Waals surface area contributed by atoms with Crippen molar-refractivity contribution in [2.75, 3.05) is 0 Å². The molecule has 1 aromatic carbocycles. The fourth-order valence-electron chi connectivity index (χ4n) is 0.667. The Labute approximate surface area is 87.8 Å². The van der Waals surface area contributed by atoms with E-state index in [0.717, 1.165) is 3.57 Å². The average molecular weight is 301 g/mol. The SMILES string of the molecule is O=C(Cl)c1cc(Cl)cc(I)c1. The van der Waals surface area contributed by atoms with Crippen LogP contribution in [0.3, 0.4) is 0 Å². The monoisotopic (exact) mass is 300 g/mol. The molecule has 11 heavy (non-hydrogen) atoms. The van der Waals surface area contributed by atoms with Gasteiger partial charge in [-0.05, 0) is 52.4 Å². The van der Waals surface area contributed by atoms with Gasteiger partial charge in [-0.25, -0.2) is 0 Å². The van der Waals surface area contributed by atoms with Gasteiger partial charge in [-0.1, -0.05) is 11.6 Å². The molecular weight excluding hydrogens is 298 g/mol. The van der Waals surface area contributed by atoms with Gasteiger partial charge in [0, 0.05) is 14.2 Å². The van der Waals surface area contributed by atoms with Crippen LogP contribution in [0.15, 0.2) is 18.2 Å². The molecule has 1 aromatic rings. The lowest BCUT2D eigenvalue weighted by Gasteiger charge is -1.95. The zero-order valence-electron chi connectivity index (χ0n) is 5.27. The first-order chi connectivity index (χ1) is 5.09. The molecule has 0 aliphatic heterocycles. The van der Waals surface area contributed by atoms with Crippen molar-refractivity contribution in [3.63, 3.8) is 0 Å². The van der Waals surface area contributed by atoms with Gasteiger partial charge in [0.05, 0.1) is 0 Å². The van der Waals surface area contributed by atoms with Crippen molar-refractivity contribution >= 4 is 51.0 Å². The molecule has 0 amide bonds. The molecule has 0 spiro atoms. The predicted octanol–water partition coefficient (Wildman–Crippen LogP) is 3.32. The van der Waals surface area contributed by atoms with E-state index >= 15 is 0 Å². The van der Waals surface area contributed by atoms with Crippen LogP contribution in [0.2, 0.25) is 5.02 Å². The van der Waals surface area contributed by atoms with Crippen molar-refractivity contribution in [1.82, 2.24) is 0 Å². The smallest absolute Gasteiger partial charge is 0.252 e. The summed E-state index contributed by atoms with van der Waals surface area (Å²) in [5, 5.41) is 0.0475. The summed E-state index contributed by atoms with van der Waals surface area (Å²) in [4.78, 5) is 10.7. The minimum absolute atomic E-state index is 0.434. The van der Waals surface area contributed by atoms with Gasteiger partial charge in [0.1, 0.15) is 0 Å². The van der Waals surface area contributed by atoms with Crippen LogP contribution in [0.1, 0.15) is 10.4 Å². The van der Waals surface area contributed by atoms with Crippen LogP contribution in [0.5, 0.6) is 0 Å². The highest BCUT2D eigenvalue weighted by atomic mass is 127. The van der Waals surface area contributed by atoms with Crippen LogP contribution in [-0.2, 0) is 0 Å². The minimum Gasteiger partial charge on any atom is -0.276 e. The van der Waals surface area contributed by atoms with Crippen molar-refractivity contribution in [3.8, 4) is 0 Å². The van der Waals surface area contributed by atoms with Gasteiger partial charge >= 0.3 is 0 Å². The maximum absolute atomic E-state index is 10.7. The van der Waals surface area contributed by atoms with Crippen LogP contribution >= 0.6 is 45.8 Å². The summed E-state index contributed by atoms with van der Waals surface area (Å²) in [6.07, 6.45) is 0. The van der Waals surface area contributed by atoms with E-state index in [1.54, 1.807) is 18.2 Å². The molecule has 0 N–H and O–H groups in total. The number of carbonyl (C=O) groups excluding carboxylic acids is 1. The van der Waals surface area contributed by atoms with E-state index in [2.05, 4.69) is 22.6 Å². The fraction of sp³-hybridized carbons (Fsp3) is 0. The topological polar surface area (TPSA) is 17.1 Å². The molecule has 0 heterocycles. The standard InChI is InChI=1S/C7H3Cl2IO/c8-5-1-4(7(9)11)2-6(10)3-5/h1-3H. The van der Waals surface area contributed by atoms with E-state index in [9.17, 15) is 4.79 Å². The van der Waals surface area contributed by atoms with E-state index in [4.69, 9.17) is 23.2 Å². The summed E-state index contributed by atoms with van der Waals surface area (Å²) in [6, 6.07) is 4.98. The number of carbonyl (C=O) groups is 1. The highest BCUT2D eigenvalue weighted by Gasteiger charge is 2.03. The van der Waals surface area contributed by atoms with Gasteiger partial charge in [-0.3, -0.25) is 4.79 Å². The van der Waals surface area contributed by atoms with E-state index < -0.39 is 5.24 Å². The second-order valence-corrected chi connectivity index (χ2v) is 3.96. The van der Waals surface area contributed by atoms with Gasteiger partial charge in [-0.15, -0.1) is 0 Å². The Hall–Kier alpha value is 0.200. The maximum Gasteiger partial charge on any atom is 0.252 e. The predicted molar refractivity (Wildman–Crippen MR) is 54.4 cm³/mol. The molecule has 1 rings (SSSR count). The summed E-state index contributed by atoms with van der Waals surface area (Å²) in [6.45, 7) is 0. The van der Waals surface area contributed by atoms with Crippen molar-refractivity contribution < 1.29 is 4.79 Å². The van der Waals surface area contributed by atoms with Crippen molar-refractivity contribution in [2.24, 2.45) is 0 Å². The number of hydrogen-bond acceptors (Lipinski definition) is 1. The molecule has 0 radical (unpaired) electrons. The Bertz CT molecular complexity index is 278. The van der Waals surface area contributed by atoms with Crippen LogP contribution in [0.25, 0.3) is 0 Å². The lowest BCUT2D eigenvalue weighted by Crippen LogP contribution is -1.88. The molecule has 0 bridgehead atoms. The van der Waals surface area contributed by atoms with E-state index in [1.165, 1.54) is 0 Å². The van der Waals surface area contributed by atoms with Crippen molar-refractivity contribution in [3.05, 3.63) is 32.4 Å². The summed E-state index contributed by atoms with van der Waals surface area (Å²) in [7, 11) is 0. The Balaban J connectivity index is 3.19. The molecule has 58 valence electrons. The highest BCUT2D eigenvalue weighted by Crippen LogP contribution is 2.17. The molecule has 0 atom stereocenters. The molecule has 0 saturated heterocycles. The van der Waals surface area contributed by atoms with Crippen LogP contribution in [0.4, 0.5) is 0 Å². The first-order valence-corrected chi connectivity index (χ1v) is 4.59. The zero-order chi connectivity index (χ0) is 8.43. The van der Waals surface area contributed by atoms with Gasteiger partial charge in [0.2, 0.25) is 0 Å². The van der Waals surface area contributed by atoms with E-state index in [-0.39, 0.29) is 0 Å². The maximum atomic E-state index is 10.7. The van der Waals surface area contributed by atoms with Crippen molar-refractivity contribution in [1.29, 1.82) is 0 Å². The molecule has 0 aliphatic carbocycles. The summed E-state index contributed by atoms with van der Waals surface area (Å²) >= 11 is 13.0. The first kappa shape index (κ1) is 9.29. The number of rotatable bonds is 1. The third-order valence-corrected chi connectivity index (χ3v) is 2.15. The molecule has 4 heteroatoms. The van der Waals surface area contributed by atoms with Crippen LogP contribution in [0, 0.1) is 3.57 Å². The normalized spacial score (nSPS) is 9.73. The quantitative estimate of drug-likeness (QED) is 0.574. The summed E-state index contributed by atoms with van der Waals surface area (Å²) in [5.41, 5.74) is 0.434. The molecule has 0 saturated carbocycles. The highest BCUT2D eigenvalue weighted by molar-refractivity contribution is 14.1. The van der Waals surface area contributed by atoms with Gasteiger partial charge in [0.15, 0.2) is 0 Å². The Morgan fingerprint density at radius 3 is 2.45 bits per heavy atom. The molecule has 0 unspecified atom stereocenters. The number of benzene rings is 1. The largest absolute Gasteiger partial charge is 0.276 e. The molecule has 0 aromatic heterocycles. The summed E-state index contributed by atoms with van der Waals surface area (Å²) < 4.78 is 0.902. The average Bonchev–Trinajstić information content (AvgIpc) is 1.85. The fourth-order valence-corrected chi connectivity index (χ4v) is 1.87. The lowest BCUT2D eigenvalue weighted by molar-refractivity contribution is 0.108. The molecule has 0 aliphatic rings. The second kappa shape index (κ2) is 3.74. The molecular formula is C7H3Cl2IO. The van der Waals surface area contributed by atoms with E-state index in [0.29, 0.717) is 10.6 Å². The molecule has 0 fully saturated rings. The Morgan fingerprint density at radius 1 is 1.36 bits per heavy atom.